The summed E-state index contributed by atoms with van der Waals surface area (Å²) in [4.78, 5) is 4.15. The smallest absolute Gasteiger partial charge is 0.149 e. The zero-order chi connectivity index (χ0) is 24.6. The lowest BCUT2D eigenvalue weighted by molar-refractivity contribution is 0.399. The van der Waals surface area contributed by atoms with Gasteiger partial charge in [0, 0.05) is 11.1 Å². The summed E-state index contributed by atoms with van der Waals surface area (Å²) in [5, 5.41) is 8.45. The van der Waals surface area contributed by atoms with Crippen LogP contribution in [0.4, 0.5) is 0 Å². The van der Waals surface area contributed by atoms with Gasteiger partial charge in [0.25, 0.3) is 0 Å². The second-order valence-electron chi connectivity index (χ2n) is 7.40. The van der Waals surface area contributed by atoms with Crippen LogP contribution >= 0.6 is 11.6 Å². The van der Waals surface area contributed by atoms with E-state index in [1.54, 1.807) is 6.07 Å². The Kier molecular flexibility index (Phi) is 7.43. The lowest BCUT2D eigenvalue weighted by Crippen LogP contribution is -1.85. The molecule has 35 heavy (non-hydrogen) atoms. The van der Waals surface area contributed by atoms with E-state index in [9.17, 15) is 0 Å². The van der Waals surface area contributed by atoms with Crippen molar-refractivity contribution in [3.63, 3.8) is 0 Å². The minimum atomic E-state index is 0.423. The monoisotopic (exact) mass is 477 g/mol. The fraction of sp³-hybridized carbons (Fsp3) is 0.0690. The minimum absolute atomic E-state index is 0.423. The molecule has 3 heterocycles. The third-order valence-corrected chi connectivity index (χ3v) is 5.21. The summed E-state index contributed by atoms with van der Waals surface area (Å²) in [6, 6.07) is 24.9. The fourth-order valence-electron chi connectivity index (χ4n) is 3.25. The molecule has 3 aromatic heterocycles. The van der Waals surface area contributed by atoms with Crippen LogP contribution in [-0.4, -0.2) is 15.3 Å². The van der Waals surface area contributed by atoms with Gasteiger partial charge in [-0.15, -0.1) is 6.42 Å². The first-order valence-electron chi connectivity index (χ1n) is 10.7. The summed E-state index contributed by atoms with van der Waals surface area (Å²) in [5.41, 5.74) is 5.55. The number of terminal acetylenes is 1. The van der Waals surface area contributed by atoms with Crippen LogP contribution in [0.5, 0.6) is 0 Å². The maximum Gasteiger partial charge on any atom is 0.149 e. The molecule has 5 rings (SSSR count). The molecule has 6 heteroatoms. The molecule has 0 aliphatic heterocycles. The number of aryl methyl sites for hydroxylation is 2. The molecule has 0 saturated carbocycles. The zero-order valence-corrected chi connectivity index (χ0v) is 19.9. The largest absolute Gasteiger partial charge is 0.360 e. The lowest BCUT2D eigenvalue weighted by atomic mass is 10.1. The highest BCUT2D eigenvalue weighted by atomic mass is 35.5. The Morgan fingerprint density at radius 2 is 1.23 bits per heavy atom. The summed E-state index contributed by atoms with van der Waals surface area (Å²) in [7, 11) is 0. The van der Waals surface area contributed by atoms with E-state index in [1.165, 1.54) is 0 Å². The molecular formula is C29H20ClN3O2. The van der Waals surface area contributed by atoms with Gasteiger partial charge in [-0.25, -0.2) is 4.98 Å². The highest BCUT2D eigenvalue weighted by Crippen LogP contribution is 2.25. The quantitative estimate of drug-likeness (QED) is 0.208. The third kappa shape index (κ3) is 5.68. The van der Waals surface area contributed by atoms with Crippen molar-refractivity contribution < 1.29 is 9.05 Å². The Bertz CT molecular complexity index is 1540. The van der Waals surface area contributed by atoms with Gasteiger partial charge in [-0.2, -0.15) is 0 Å². The highest BCUT2D eigenvalue weighted by Gasteiger charge is 2.13. The molecule has 5 aromatic rings. The number of pyridine rings is 1. The van der Waals surface area contributed by atoms with E-state index < -0.39 is 0 Å². The summed E-state index contributed by atoms with van der Waals surface area (Å²) in [6.07, 6.45) is 5.38. The molecule has 0 unspecified atom stereocenters. The fourth-order valence-corrected chi connectivity index (χ4v) is 3.42. The van der Waals surface area contributed by atoms with Crippen LogP contribution in [0, 0.1) is 38.0 Å². The first-order valence-corrected chi connectivity index (χ1v) is 11.1. The Labute approximate surface area is 208 Å². The van der Waals surface area contributed by atoms with E-state index in [4.69, 9.17) is 27.1 Å². The van der Waals surface area contributed by atoms with Crippen molar-refractivity contribution in [3.8, 4) is 46.7 Å². The number of aromatic nitrogens is 3. The molecule has 0 aliphatic carbocycles. The van der Waals surface area contributed by atoms with Crippen LogP contribution in [0.15, 0.2) is 87.9 Å². The van der Waals surface area contributed by atoms with Gasteiger partial charge in [0.15, 0.2) is 0 Å². The molecule has 0 N–H and O–H groups in total. The second-order valence-corrected chi connectivity index (χ2v) is 7.78. The number of hydrogen-bond donors (Lipinski definition) is 0. The predicted octanol–water partition coefficient (Wildman–Crippen LogP) is 6.73. The van der Waals surface area contributed by atoms with Crippen LogP contribution in [0.1, 0.15) is 28.3 Å². The summed E-state index contributed by atoms with van der Waals surface area (Å²) >= 11 is 5.85. The van der Waals surface area contributed by atoms with Gasteiger partial charge >= 0.3 is 0 Å². The Morgan fingerprint density at radius 1 is 0.686 bits per heavy atom. The SMILES string of the molecule is C#Cc1c(-c2ccccc2)noc1C.Cc1onc(-c2ccccc2)c1C#Cc1cccc(Cl)n1. The van der Waals surface area contributed by atoms with Gasteiger partial charge in [0.1, 0.15) is 33.8 Å². The van der Waals surface area contributed by atoms with Gasteiger partial charge in [0.05, 0.1) is 11.1 Å². The maximum atomic E-state index is 5.85. The first kappa shape index (κ1) is 23.6. The van der Waals surface area contributed by atoms with E-state index in [1.807, 2.05) is 86.6 Å². The normalized spacial score (nSPS) is 9.89. The molecule has 0 amide bonds. The van der Waals surface area contributed by atoms with Crippen molar-refractivity contribution in [2.24, 2.45) is 0 Å². The average Bonchev–Trinajstić information content (AvgIpc) is 3.46. The highest BCUT2D eigenvalue weighted by molar-refractivity contribution is 6.29. The van der Waals surface area contributed by atoms with Crippen LogP contribution in [0.25, 0.3) is 22.5 Å². The standard InChI is InChI=1S/C17H11ClN2O.C12H9NO/c1-12-15(11-10-14-8-5-9-16(18)19-14)17(20-21-12)13-6-3-2-4-7-13;1-3-11-9(2)14-13-12(11)10-7-5-4-6-8-10/h2-9H,1H3;1,4-8H,2H3. The summed E-state index contributed by atoms with van der Waals surface area (Å²) < 4.78 is 10.3. The third-order valence-electron chi connectivity index (χ3n) is 4.99. The van der Waals surface area contributed by atoms with E-state index in [0.29, 0.717) is 22.4 Å². The van der Waals surface area contributed by atoms with E-state index >= 15 is 0 Å². The average molecular weight is 478 g/mol. The Balaban J connectivity index is 0.000000179. The van der Waals surface area contributed by atoms with Gasteiger partial charge in [-0.1, -0.05) is 100 Å². The molecule has 0 radical (unpaired) electrons. The van der Waals surface area contributed by atoms with Gasteiger partial charge in [0.2, 0.25) is 0 Å². The minimum Gasteiger partial charge on any atom is -0.360 e. The molecule has 0 bridgehead atoms. The van der Waals surface area contributed by atoms with Crippen molar-refractivity contribution in [1.29, 1.82) is 0 Å². The van der Waals surface area contributed by atoms with E-state index in [-0.39, 0.29) is 0 Å². The zero-order valence-electron chi connectivity index (χ0n) is 19.1. The number of rotatable bonds is 2. The van der Waals surface area contributed by atoms with Crippen molar-refractivity contribution in [3.05, 3.63) is 112 Å². The summed E-state index contributed by atoms with van der Waals surface area (Å²) in [5.74, 6) is 10.0. The number of benzene rings is 2. The van der Waals surface area contributed by atoms with Crippen molar-refractivity contribution in [1.82, 2.24) is 15.3 Å². The molecule has 0 fully saturated rings. The topological polar surface area (TPSA) is 65.0 Å². The van der Waals surface area contributed by atoms with Crippen LogP contribution in [-0.2, 0) is 0 Å². The molecule has 170 valence electrons. The van der Waals surface area contributed by atoms with Crippen LogP contribution in [0.3, 0.4) is 0 Å². The first-order chi connectivity index (χ1) is 17.1. The second kappa shape index (κ2) is 11.0. The molecule has 0 saturated heterocycles. The molecule has 5 nitrogen and oxygen atoms in total. The summed E-state index contributed by atoms with van der Waals surface area (Å²) in [6.45, 7) is 3.66. The number of hydrogen-bond acceptors (Lipinski definition) is 5. The van der Waals surface area contributed by atoms with E-state index in [2.05, 4.69) is 33.1 Å². The lowest BCUT2D eigenvalue weighted by Gasteiger charge is -1.95. The molecular weight excluding hydrogens is 458 g/mol. The van der Waals surface area contributed by atoms with Gasteiger partial charge in [-0.3, -0.25) is 0 Å². The molecule has 0 aliphatic rings. The van der Waals surface area contributed by atoms with Crippen molar-refractivity contribution in [2.45, 2.75) is 13.8 Å². The van der Waals surface area contributed by atoms with Crippen LogP contribution < -0.4 is 0 Å². The number of nitrogens with zero attached hydrogens (tertiary/aromatic N) is 3. The Morgan fingerprint density at radius 3 is 1.77 bits per heavy atom. The molecule has 0 spiro atoms. The Hall–Kier alpha value is -4.58. The van der Waals surface area contributed by atoms with Crippen molar-refractivity contribution in [2.75, 3.05) is 0 Å². The van der Waals surface area contributed by atoms with Gasteiger partial charge in [-0.05, 0) is 31.9 Å². The predicted molar refractivity (Wildman–Crippen MR) is 137 cm³/mol. The number of halogens is 1. The molecule has 0 atom stereocenters. The maximum absolute atomic E-state index is 5.85. The van der Waals surface area contributed by atoms with Gasteiger partial charge < -0.3 is 9.05 Å². The van der Waals surface area contributed by atoms with Crippen molar-refractivity contribution >= 4 is 11.6 Å². The van der Waals surface area contributed by atoms with Crippen LogP contribution in [0.2, 0.25) is 5.15 Å². The van der Waals surface area contributed by atoms with E-state index in [0.717, 1.165) is 33.6 Å². The molecule has 2 aromatic carbocycles.